The van der Waals surface area contributed by atoms with Crippen LogP contribution >= 0.6 is 0 Å². The Morgan fingerprint density at radius 1 is 0.882 bits per heavy atom. The van der Waals surface area contributed by atoms with Crippen LogP contribution in [0.2, 0.25) is 0 Å². The Kier molecular flexibility index (Phi) is 7.57. The van der Waals surface area contributed by atoms with Crippen LogP contribution in [0.25, 0.3) is 0 Å². The zero-order valence-electron chi connectivity index (χ0n) is 20.6. The maximum atomic E-state index is 13.9. The van der Waals surface area contributed by atoms with E-state index in [2.05, 4.69) is 17.3 Å². The zero-order chi connectivity index (χ0) is 24.1. The standard InChI is InChI=1S/C28H37N3O3/c1-28(24-7-5-4-6-8-24,29-26(32)23-9-11-25(34-3)12-10-23)27(33)31-19-15-22(16-20-31)21-13-17-30(2)18-14-21/h4-12,21-22H,13-20H2,1-3H3,(H,29,32)/t28-/m0/s1. The van der Waals surface area contributed by atoms with Crippen molar-refractivity contribution >= 4 is 11.8 Å². The van der Waals surface area contributed by atoms with Crippen molar-refractivity contribution in [1.82, 2.24) is 15.1 Å². The van der Waals surface area contributed by atoms with Crippen molar-refractivity contribution < 1.29 is 14.3 Å². The van der Waals surface area contributed by atoms with E-state index in [0.717, 1.165) is 37.4 Å². The predicted molar refractivity (Wildman–Crippen MR) is 134 cm³/mol. The highest BCUT2D eigenvalue weighted by Crippen LogP contribution is 2.34. The molecule has 6 heteroatoms. The highest BCUT2D eigenvalue weighted by Gasteiger charge is 2.41. The van der Waals surface area contributed by atoms with Gasteiger partial charge in [0.25, 0.3) is 11.8 Å². The summed E-state index contributed by atoms with van der Waals surface area (Å²) in [6.45, 7) is 5.67. The molecule has 2 aromatic rings. The molecule has 2 aliphatic heterocycles. The molecule has 0 aliphatic carbocycles. The Morgan fingerprint density at radius 3 is 2.00 bits per heavy atom. The highest BCUT2D eigenvalue weighted by atomic mass is 16.5. The van der Waals surface area contributed by atoms with Crippen molar-refractivity contribution in [3.8, 4) is 5.75 Å². The van der Waals surface area contributed by atoms with E-state index < -0.39 is 5.54 Å². The molecular weight excluding hydrogens is 426 g/mol. The molecule has 0 spiro atoms. The number of hydrogen-bond acceptors (Lipinski definition) is 4. The SMILES string of the molecule is COc1ccc(C(=O)N[C@](C)(C(=O)N2CCC(C3CCN(C)CC3)CC2)c2ccccc2)cc1. The number of benzene rings is 2. The Bertz CT molecular complexity index is 962. The van der Waals surface area contributed by atoms with Crippen molar-refractivity contribution in [2.75, 3.05) is 40.3 Å². The van der Waals surface area contributed by atoms with E-state index in [1.807, 2.05) is 42.2 Å². The average molecular weight is 464 g/mol. The molecule has 2 aliphatic rings. The molecule has 0 unspecified atom stereocenters. The highest BCUT2D eigenvalue weighted by molar-refractivity contribution is 5.99. The summed E-state index contributed by atoms with van der Waals surface area (Å²) in [7, 11) is 3.79. The number of nitrogens with one attached hydrogen (secondary N) is 1. The molecule has 1 atom stereocenters. The Labute approximate surface area is 203 Å². The van der Waals surface area contributed by atoms with E-state index in [-0.39, 0.29) is 11.8 Å². The van der Waals surface area contributed by atoms with Crippen LogP contribution in [0.5, 0.6) is 5.75 Å². The lowest BCUT2D eigenvalue weighted by Crippen LogP contribution is -2.57. The lowest BCUT2D eigenvalue weighted by molar-refractivity contribution is -0.139. The minimum absolute atomic E-state index is 0.0395. The molecule has 0 radical (unpaired) electrons. The number of hydrogen-bond donors (Lipinski definition) is 1. The van der Waals surface area contributed by atoms with Gasteiger partial charge in [0.15, 0.2) is 0 Å². The second-order valence-corrected chi connectivity index (χ2v) is 9.94. The smallest absolute Gasteiger partial charge is 0.252 e. The van der Waals surface area contributed by atoms with Crippen LogP contribution < -0.4 is 10.1 Å². The quantitative estimate of drug-likeness (QED) is 0.705. The van der Waals surface area contributed by atoms with Gasteiger partial charge in [-0.05, 0) is 94.4 Å². The molecular formula is C28H37N3O3. The summed E-state index contributed by atoms with van der Waals surface area (Å²) in [5.74, 6) is 1.83. The summed E-state index contributed by atoms with van der Waals surface area (Å²) in [5, 5.41) is 3.06. The van der Waals surface area contributed by atoms with Gasteiger partial charge < -0.3 is 19.9 Å². The number of nitrogens with zero attached hydrogens (tertiary/aromatic N) is 2. The number of piperidine rings is 2. The Morgan fingerprint density at radius 2 is 1.44 bits per heavy atom. The van der Waals surface area contributed by atoms with Gasteiger partial charge in [-0.25, -0.2) is 0 Å². The van der Waals surface area contributed by atoms with Crippen molar-refractivity contribution in [2.45, 2.75) is 38.1 Å². The lowest BCUT2D eigenvalue weighted by Gasteiger charge is -2.42. The Balaban J connectivity index is 1.48. The number of rotatable bonds is 6. The zero-order valence-corrected chi connectivity index (χ0v) is 20.6. The molecule has 0 bridgehead atoms. The van der Waals surface area contributed by atoms with Crippen LogP contribution in [-0.4, -0.2) is 62.0 Å². The molecule has 182 valence electrons. The van der Waals surface area contributed by atoms with Gasteiger partial charge in [-0.1, -0.05) is 30.3 Å². The first-order valence-corrected chi connectivity index (χ1v) is 12.4. The third kappa shape index (κ3) is 5.27. The average Bonchev–Trinajstić information content (AvgIpc) is 2.89. The van der Waals surface area contributed by atoms with Crippen LogP contribution in [0, 0.1) is 11.8 Å². The number of amides is 2. The maximum Gasteiger partial charge on any atom is 0.252 e. The number of methoxy groups -OCH3 is 1. The van der Waals surface area contributed by atoms with E-state index in [4.69, 9.17) is 4.74 Å². The molecule has 0 saturated carbocycles. The fraction of sp³-hybridized carbons (Fsp3) is 0.500. The van der Waals surface area contributed by atoms with Crippen molar-refractivity contribution in [2.24, 2.45) is 11.8 Å². The second-order valence-electron chi connectivity index (χ2n) is 9.94. The van der Waals surface area contributed by atoms with Crippen molar-refractivity contribution in [3.05, 3.63) is 65.7 Å². The van der Waals surface area contributed by atoms with Crippen LogP contribution in [0.4, 0.5) is 0 Å². The van der Waals surface area contributed by atoms with Gasteiger partial charge in [0.1, 0.15) is 11.3 Å². The van der Waals surface area contributed by atoms with Gasteiger partial charge in [0, 0.05) is 18.7 Å². The molecule has 6 nitrogen and oxygen atoms in total. The van der Waals surface area contributed by atoms with Gasteiger partial charge >= 0.3 is 0 Å². The fourth-order valence-corrected chi connectivity index (χ4v) is 5.45. The molecule has 2 fully saturated rings. The van der Waals surface area contributed by atoms with Gasteiger partial charge in [0.2, 0.25) is 0 Å². The number of carbonyl (C=O) groups excluding carboxylic acids is 2. The molecule has 2 saturated heterocycles. The minimum Gasteiger partial charge on any atom is -0.497 e. The van der Waals surface area contributed by atoms with Crippen molar-refractivity contribution in [3.63, 3.8) is 0 Å². The second kappa shape index (κ2) is 10.6. The number of ether oxygens (including phenoxy) is 1. The normalized spacial score (nSPS) is 19.9. The molecule has 1 N–H and O–H groups in total. The largest absolute Gasteiger partial charge is 0.497 e. The predicted octanol–water partition coefficient (Wildman–Crippen LogP) is 3.92. The summed E-state index contributed by atoms with van der Waals surface area (Å²) < 4.78 is 5.20. The molecule has 2 amide bonds. The first-order valence-electron chi connectivity index (χ1n) is 12.4. The van der Waals surface area contributed by atoms with E-state index >= 15 is 0 Å². The van der Waals surface area contributed by atoms with Crippen LogP contribution in [0.15, 0.2) is 54.6 Å². The third-order valence-electron chi connectivity index (χ3n) is 7.75. The van der Waals surface area contributed by atoms with E-state index in [1.54, 1.807) is 31.4 Å². The third-order valence-corrected chi connectivity index (χ3v) is 7.75. The molecule has 2 heterocycles. The van der Waals surface area contributed by atoms with Gasteiger partial charge in [-0.3, -0.25) is 9.59 Å². The first kappa shape index (κ1) is 24.3. The molecule has 34 heavy (non-hydrogen) atoms. The minimum atomic E-state index is -1.14. The number of likely N-dealkylation sites (tertiary alicyclic amines) is 2. The fourth-order valence-electron chi connectivity index (χ4n) is 5.45. The maximum absolute atomic E-state index is 13.9. The summed E-state index contributed by atoms with van der Waals surface area (Å²) in [4.78, 5) is 31.4. The lowest BCUT2D eigenvalue weighted by atomic mass is 9.78. The molecule has 0 aromatic heterocycles. The van der Waals surface area contributed by atoms with Crippen molar-refractivity contribution in [1.29, 1.82) is 0 Å². The topological polar surface area (TPSA) is 61.9 Å². The van der Waals surface area contributed by atoms with Crippen LogP contribution in [-0.2, 0) is 10.3 Å². The number of carbonyl (C=O) groups is 2. The van der Waals surface area contributed by atoms with E-state index in [1.165, 1.54) is 25.9 Å². The van der Waals surface area contributed by atoms with Gasteiger partial charge in [-0.15, -0.1) is 0 Å². The molecule has 4 rings (SSSR count). The van der Waals surface area contributed by atoms with E-state index in [0.29, 0.717) is 17.2 Å². The van der Waals surface area contributed by atoms with Gasteiger partial charge in [-0.2, -0.15) is 0 Å². The van der Waals surface area contributed by atoms with Crippen LogP contribution in [0.3, 0.4) is 0 Å². The summed E-state index contributed by atoms with van der Waals surface area (Å²) in [6.07, 6.45) is 4.60. The summed E-state index contributed by atoms with van der Waals surface area (Å²) in [5.41, 5.74) is 0.148. The van der Waals surface area contributed by atoms with Crippen LogP contribution in [0.1, 0.15) is 48.5 Å². The summed E-state index contributed by atoms with van der Waals surface area (Å²) >= 11 is 0. The summed E-state index contributed by atoms with van der Waals surface area (Å²) in [6, 6.07) is 16.5. The van der Waals surface area contributed by atoms with Gasteiger partial charge in [0.05, 0.1) is 7.11 Å². The molecule has 2 aromatic carbocycles. The monoisotopic (exact) mass is 463 g/mol. The Hall–Kier alpha value is -2.86. The first-order chi connectivity index (χ1) is 16.4. The van der Waals surface area contributed by atoms with E-state index in [9.17, 15) is 9.59 Å².